The molecular weight excluding hydrogens is 344 g/mol. The molecule has 1 N–H and O–H groups in total. The van der Waals surface area contributed by atoms with Crippen LogP contribution in [0.1, 0.15) is 24.1 Å². The molecule has 1 amide bonds. The maximum atomic E-state index is 13.3. The Bertz CT molecular complexity index is 758. The van der Waals surface area contributed by atoms with Gasteiger partial charge in [0.25, 0.3) is 0 Å². The Morgan fingerprint density at radius 1 is 1.15 bits per heavy atom. The van der Waals surface area contributed by atoms with Crippen molar-refractivity contribution in [2.45, 2.75) is 25.2 Å². The van der Waals surface area contributed by atoms with E-state index in [9.17, 15) is 4.79 Å². The third kappa shape index (κ3) is 4.46. The number of nitrogens with one attached hydrogen (secondary N) is 1. The molecule has 0 atom stereocenters. The number of aromatic nitrogens is 1. The quantitative estimate of drug-likeness (QED) is 0.759. The predicted molar refractivity (Wildman–Crippen MR) is 103 cm³/mol. The fraction of sp³-hybridized carbons (Fsp3) is 0.429. The summed E-state index contributed by atoms with van der Waals surface area (Å²) < 4.78 is 16.0. The fourth-order valence-electron chi connectivity index (χ4n) is 3.35. The standard InChI is InChI=1S/C21H26N2O4/c1-16-18(8-9-19(22-16)27-15-14-25-2)23-20(24)21(10-12-26-13-11-21)17-6-4-3-5-7-17/h3-9H,10-15H2,1-2H3,(H,23,24). The van der Waals surface area contributed by atoms with E-state index >= 15 is 0 Å². The van der Waals surface area contributed by atoms with Crippen LogP contribution in [-0.4, -0.2) is 44.4 Å². The number of carbonyl (C=O) groups is 1. The van der Waals surface area contributed by atoms with Gasteiger partial charge in [0, 0.05) is 26.4 Å². The summed E-state index contributed by atoms with van der Waals surface area (Å²) in [6.45, 7) is 3.95. The first-order valence-corrected chi connectivity index (χ1v) is 9.20. The molecule has 144 valence electrons. The van der Waals surface area contributed by atoms with Crippen molar-refractivity contribution in [3.63, 3.8) is 0 Å². The van der Waals surface area contributed by atoms with Crippen LogP contribution in [0.5, 0.6) is 5.88 Å². The van der Waals surface area contributed by atoms with E-state index in [1.165, 1.54) is 0 Å². The number of rotatable bonds is 7. The minimum atomic E-state index is -0.584. The highest BCUT2D eigenvalue weighted by atomic mass is 16.5. The van der Waals surface area contributed by atoms with Crippen LogP contribution >= 0.6 is 0 Å². The molecule has 0 spiro atoms. The molecule has 1 fully saturated rings. The zero-order valence-electron chi connectivity index (χ0n) is 15.9. The minimum absolute atomic E-state index is 0.0186. The zero-order chi connectivity index (χ0) is 19.1. The van der Waals surface area contributed by atoms with Crippen LogP contribution < -0.4 is 10.1 Å². The number of hydrogen-bond acceptors (Lipinski definition) is 5. The number of carbonyl (C=O) groups excluding carboxylic acids is 1. The Morgan fingerprint density at radius 3 is 2.56 bits per heavy atom. The molecule has 1 aliphatic heterocycles. The molecule has 27 heavy (non-hydrogen) atoms. The van der Waals surface area contributed by atoms with Crippen molar-refractivity contribution in [2.75, 3.05) is 38.9 Å². The molecule has 0 bridgehead atoms. The SMILES string of the molecule is COCCOc1ccc(NC(=O)C2(c3ccccc3)CCOCC2)c(C)n1. The van der Waals surface area contributed by atoms with Crippen LogP contribution in [0.2, 0.25) is 0 Å². The lowest BCUT2D eigenvalue weighted by atomic mass is 9.73. The third-order valence-corrected chi connectivity index (χ3v) is 4.95. The van der Waals surface area contributed by atoms with Gasteiger partial charge in [0.15, 0.2) is 0 Å². The van der Waals surface area contributed by atoms with Crippen molar-refractivity contribution in [1.29, 1.82) is 0 Å². The molecule has 1 aliphatic rings. The summed E-state index contributed by atoms with van der Waals surface area (Å²) in [4.78, 5) is 17.7. The highest BCUT2D eigenvalue weighted by Gasteiger charge is 2.41. The van der Waals surface area contributed by atoms with Crippen LogP contribution in [0.3, 0.4) is 0 Å². The lowest BCUT2D eigenvalue weighted by Gasteiger charge is -2.36. The van der Waals surface area contributed by atoms with Crippen LogP contribution in [-0.2, 0) is 19.7 Å². The average molecular weight is 370 g/mol. The Kier molecular flexibility index (Phi) is 6.42. The van der Waals surface area contributed by atoms with Gasteiger partial charge in [0.05, 0.1) is 23.4 Å². The maximum absolute atomic E-state index is 13.3. The van der Waals surface area contributed by atoms with Gasteiger partial charge in [-0.15, -0.1) is 0 Å². The fourth-order valence-corrected chi connectivity index (χ4v) is 3.35. The maximum Gasteiger partial charge on any atom is 0.235 e. The number of anilines is 1. The van der Waals surface area contributed by atoms with Gasteiger partial charge in [0.1, 0.15) is 6.61 Å². The summed E-state index contributed by atoms with van der Waals surface area (Å²) in [5, 5.41) is 3.08. The summed E-state index contributed by atoms with van der Waals surface area (Å²) >= 11 is 0. The number of nitrogens with zero attached hydrogens (tertiary/aromatic N) is 1. The van der Waals surface area contributed by atoms with Crippen molar-refractivity contribution in [3.8, 4) is 5.88 Å². The normalized spacial score (nSPS) is 15.9. The molecule has 0 saturated carbocycles. The van der Waals surface area contributed by atoms with Gasteiger partial charge in [-0.3, -0.25) is 4.79 Å². The number of hydrogen-bond donors (Lipinski definition) is 1. The first-order chi connectivity index (χ1) is 13.2. The van der Waals surface area contributed by atoms with Crippen LogP contribution in [0.4, 0.5) is 5.69 Å². The van der Waals surface area contributed by atoms with Gasteiger partial charge >= 0.3 is 0 Å². The second-order valence-corrected chi connectivity index (χ2v) is 6.64. The molecule has 3 rings (SSSR count). The molecule has 1 saturated heterocycles. The van der Waals surface area contributed by atoms with E-state index in [0.29, 0.717) is 56.5 Å². The van der Waals surface area contributed by atoms with Gasteiger partial charge in [-0.1, -0.05) is 30.3 Å². The lowest BCUT2D eigenvalue weighted by Crippen LogP contribution is -2.45. The second kappa shape index (κ2) is 8.97. The first-order valence-electron chi connectivity index (χ1n) is 9.20. The number of ether oxygens (including phenoxy) is 3. The Morgan fingerprint density at radius 2 is 1.89 bits per heavy atom. The van der Waals surface area contributed by atoms with E-state index in [1.807, 2.05) is 43.3 Å². The molecular formula is C21H26N2O4. The molecule has 0 unspecified atom stereocenters. The molecule has 1 aromatic heterocycles. The van der Waals surface area contributed by atoms with Crippen molar-refractivity contribution in [2.24, 2.45) is 0 Å². The minimum Gasteiger partial charge on any atom is -0.475 e. The van der Waals surface area contributed by atoms with Crippen molar-refractivity contribution >= 4 is 11.6 Å². The number of pyridine rings is 1. The summed E-state index contributed by atoms with van der Waals surface area (Å²) in [6, 6.07) is 13.5. The van der Waals surface area contributed by atoms with E-state index in [2.05, 4.69) is 10.3 Å². The largest absolute Gasteiger partial charge is 0.475 e. The Balaban J connectivity index is 1.78. The van der Waals surface area contributed by atoms with Gasteiger partial charge in [-0.2, -0.15) is 0 Å². The monoisotopic (exact) mass is 370 g/mol. The van der Waals surface area contributed by atoms with Crippen LogP contribution in [0, 0.1) is 6.92 Å². The molecule has 0 aliphatic carbocycles. The Labute approximate surface area is 159 Å². The van der Waals surface area contributed by atoms with E-state index in [0.717, 1.165) is 5.56 Å². The predicted octanol–water partition coefficient (Wildman–Crippen LogP) is 3.10. The third-order valence-electron chi connectivity index (χ3n) is 4.95. The first kappa shape index (κ1) is 19.3. The van der Waals surface area contributed by atoms with Gasteiger partial charge in [-0.25, -0.2) is 4.98 Å². The van der Waals surface area contributed by atoms with E-state index in [-0.39, 0.29) is 5.91 Å². The molecule has 0 radical (unpaired) electrons. The summed E-state index contributed by atoms with van der Waals surface area (Å²) in [6.07, 6.45) is 1.32. The number of methoxy groups -OCH3 is 1. The molecule has 6 nitrogen and oxygen atoms in total. The lowest BCUT2D eigenvalue weighted by molar-refractivity contribution is -0.125. The van der Waals surface area contributed by atoms with Crippen molar-refractivity contribution in [1.82, 2.24) is 4.98 Å². The molecule has 2 aromatic rings. The summed E-state index contributed by atoms with van der Waals surface area (Å²) in [5.74, 6) is 0.501. The summed E-state index contributed by atoms with van der Waals surface area (Å²) in [7, 11) is 1.62. The highest BCUT2D eigenvalue weighted by molar-refractivity contribution is 5.99. The van der Waals surface area contributed by atoms with E-state index < -0.39 is 5.41 Å². The smallest absolute Gasteiger partial charge is 0.235 e. The Hall–Kier alpha value is -2.44. The summed E-state index contributed by atoms with van der Waals surface area (Å²) in [5.41, 5.74) is 1.85. The zero-order valence-corrected chi connectivity index (χ0v) is 15.9. The van der Waals surface area contributed by atoms with Crippen molar-refractivity contribution < 1.29 is 19.0 Å². The van der Waals surface area contributed by atoms with Crippen LogP contribution in [0.15, 0.2) is 42.5 Å². The van der Waals surface area contributed by atoms with Gasteiger partial charge in [0.2, 0.25) is 11.8 Å². The average Bonchev–Trinajstić information content (AvgIpc) is 2.71. The molecule has 2 heterocycles. The number of benzene rings is 1. The molecule has 6 heteroatoms. The van der Waals surface area contributed by atoms with Crippen LogP contribution in [0.25, 0.3) is 0 Å². The topological polar surface area (TPSA) is 69.7 Å². The van der Waals surface area contributed by atoms with E-state index in [1.54, 1.807) is 13.2 Å². The number of amides is 1. The van der Waals surface area contributed by atoms with Crippen molar-refractivity contribution in [3.05, 3.63) is 53.7 Å². The van der Waals surface area contributed by atoms with Gasteiger partial charge in [-0.05, 0) is 31.4 Å². The molecule has 1 aromatic carbocycles. The van der Waals surface area contributed by atoms with E-state index in [4.69, 9.17) is 14.2 Å². The van der Waals surface area contributed by atoms with Gasteiger partial charge < -0.3 is 19.5 Å². The number of aryl methyl sites for hydroxylation is 1. The highest BCUT2D eigenvalue weighted by Crippen LogP contribution is 2.36. The second-order valence-electron chi connectivity index (χ2n) is 6.64.